The van der Waals surface area contributed by atoms with E-state index in [1.54, 1.807) is 0 Å². The Morgan fingerprint density at radius 2 is 2.45 bits per heavy atom. The number of fused-ring (bicyclic) bond motifs is 1. The van der Waals surface area contributed by atoms with E-state index in [0.29, 0.717) is 5.82 Å². The highest BCUT2D eigenvalue weighted by atomic mass is 16.5. The molecule has 2 N–H and O–H groups in total. The molecular formula is C7H11N3O. The fourth-order valence-electron chi connectivity index (χ4n) is 1.27. The van der Waals surface area contributed by atoms with Gasteiger partial charge in [-0.15, -0.1) is 0 Å². The maximum absolute atomic E-state index is 5.61. The fraction of sp³-hybridized carbons (Fsp3) is 0.571. The first-order valence-corrected chi connectivity index (χ1v) is 3.74. The Morgan fingerprint density at radius 3 is 3.18 bits per heavy atom. The second kappa shape index (κ2) is 2.15. The highest BCUT2D eigenvalue weighted by Crippen LogP contribution is 2.25. The van der Waals surface area contributed by atoms with E-state index in [9.17, 15) is 0 Å². The average Bonchev–Trinajstić information content (AvgIpc) is 2.30. The summed E-state index contributed by atoms with van der Waals surface area (Å²) in [5.74, 6) is 1.43. The third-order valence-corrected chi connectivity index (χ3v) is 1.92. The third kappa shape index (κ3) is 0.859. The molecule has 1 aliphatic heterocycles. The summed E-state index contributed by atoms with van der Waals surface area (Å²) in [7, 11) is 0. The maximum Gasteiger partial charge on any atom is 0.216 e. The van der Waals surface area contributed by atoms with Crippen molar-refractivity contribution in [1.82, 2.24) is 9.78 Å². The molecule has 2 rings (SSSR count). The lowest BCUT2D eigenvalue weighted by Gasteiger charge is -2.14. The van der Waals surface area contributed by atoms with Crippen molar-refractivity contribution in [2.75, 3.05) is 12.3 Å². The molecule has 0 radical (unpaired) electrons. The molecule has 1 aliphatic rings. The van der Waals surface area contributed by atoms with Gasteiger partial charge in [-0.3, -0.25) is 0 Å². The van der Waals surface area contributed by atoms with Gasteiger partial charge in [0.2, 0.25) is 5.88 Å². The third-order valence-electron chi connectivity index (χ3n) is 1.92. The van der Waals surface area contributed by atoms with Gasteiger partial charge in [-0.05, 0) is 6.92 Å². The molecule has 0 unspecified atom stereocenters. The smallest absolute Gasteiger partial charge is 0.216 e. The predicted molar refractivity (Wildman–Crippen MR) is 41.5 cm³/mol. The number of hydrogen-bond donors (Lipinski definition) is 1. The van der Waals surface area contributed by atoms with E-state index in [1.807, 2.05) is 11.6 Å². The Labute approximate surface area is 64.9 Å². The van der Waals surface area contributed by atoms with Crippen LogP contribution in [0.25, 0.3) is 0 Å². The van der Waals surface area contributed by atoms with Crippen molar-refractivity contribution in [3.8, 4) is 5.88 Å². The molecule has 60 valence electrons. The van der Waals surface area contributed by atoms with Crippen LogP contribution < -0.4 is 10.5 Å². The molecule has 2 heterocycles. The minimum atomic E-state index is 0.585. The standard InChI is InChI=1S/C7H11N3O/c1-5-6(8)9-10-3-2-4-11-7(5)10/h2-4H2,1H3,(H2,8,9). The second-order valence-electron chi connectivity index (χ2n) is 2.74. The maximum atomic E-state index is 5.61. The zero-order chi connectivity index (χ0) is 7.84. The largest absolute Gasteiger partial charge is 0.478 e. The molecular weight excluding hydrogens is 142 g/mol. The normalized spacial score (nSPS) is 15.7. The summed E-state index contributed by atoms with van der Waals surface area (Å²) < 4.78 is 7.22. The van der Waals surface area contributed by atoms with Gasteiger partial charge in [0.1, 0.15) is 0 Å². The molecule has 4 nitrogen and oxygen atoms in total. The average molecular weight is 153 g/mol. The second-order valence-corrected chi connectivity index (χ2v) is 2.74. The van der Waals surface area contributed by atoms with Gasteiger partial charge >= 0.3 is 0 Å². The number of aryl methyl sites for hydroxylation is 1. The van der Waals surface area contributed by atoms with E-state index < -0.39 is 0 Å². The zero-order valence-corrected chi connectivity index (χ0v) is 6.50. The Hall–Kier alpha value is -1.19. The highest BCUT2D eigenvalue weighted by Gasteiger charge is 2.16. The molecule has 0 fully saturated rings. The first kappa shape index (κ1) is 6.52. The van der Waals surface area contributed by atoms with Crippen LogP contribution >= 0.6 is 0 Å². The molecule has 1 aromatic rings. The summed E-state index contributed by atoms with van der Waals surface area (Å²) in [4.78, 5) is 0. The van der Waals surface area contributed by atoms with Gasteiger partial charge in [0, 0.05) is 13.0 Å². The molecule has 4 heteroatoms. The minimum absolute atomic E-state index is 0.585. The van der Waals surface area contributed by atoms with E-state index in [1.165, 1.54) is 0 Å². The monoisotopic (exact) mass is 153 g/mol. The van der Waals surface area contributed by atoms with Gasteiger partial charge in [0.15, 0.2) is 5.82 Å². The van der Waals surface area contributed by atoms with Crippen molar-refractivity contribution in [2.24, 2.45) is 0 Å². The van der Waals surface area contributed by atoms with E-state index >= 15 is 0 Å². The number of aromatic nitrogens is 2. The number of hydrogen-bond acceptors (Lipinski definition) is 3. The van der Waals surface area contributed by atoms with Crippen LogP contribution in [0.3, 0.4) is 0 Å². The van der Waals surface area contributed by atoms with Crippen molar-refractivity contribution in [3.05, 3.63) is 5.56 Å². The molecule has 0 aromatic carbocycles. The van der Waals surface area contributed by atoms with Gasteiger partial charge in [-0.1, -0.05) is 0 Å². The van der Waals surface area contributed by atoms with Crippen LogP contribution in [0.1, 0.15) is 12.0 Å². The number of ether oxygens (including phenoxy) is 1. The lowest BCUT2D eigenvalue weighted by molar-refractivity contribution is 0.229. The summed E-state index contributed by atoms with van der Waals surface area (Å²) in [6.07, 6.45) is 1.02. The predicted octanol–water partition coefficient (Wildman–Crippen LogP) is 0.556. The van der Waals surface area contributed by atoms with Crippen LogP contribution in [-0.4, -0.2) is 16.4 Å². The summed E-state index contributed by atoms with van der Waals surface area (Å²) >= 11 is 0. The summed E-state index contributed by atoms with van der Waals surface area (Å²) in [6, 6.07) is 0. The molecule has 0 spiro atoms. The van der Waals surface area contributed by atoms with E-state index in [2.05, 4.69) is 5.10 Å². The molecule has 0 atom stereocenters. The van der Waals surface area contributed by atoms with Crippen molar-refractivity contribution in [1.29, 1.82) is 0 Å². The molecule has 11 heavy (non-hydrogen) atoms. The first-order chi connectivity index (χ1) is 5.29. The Balaban J connectivity index is 2.50. The number of nitrogens with two attached hydrogens (primary N) is 1. The van der Waals surface area contributed by atoms with Gasteiger partial charge < -0.3 is 10.5 Å². The van der Waals surface area contributed by atoms with Gasteiger partial charge in [-0.2, -0.15) is 5.10 Å². The highest BCUT2D eigenvalue weighted by molar-refractivity contribution is 5.45. The van der Waals surface area contributed by atoms with E-state index in [0.717, 1.165) is 31.0 Å². The van der Waals surface area contributed by atoms with Gasteiger partial charge in [0.05, 0.1) is 12.2 Å². The van der Waals surface area contributed by atoms with Crippen LogP contribution in [0.15, 0.2) is 0 Å². The van der Waals surface area contributed by atoms with Crippen LogP contribution in [0.2, 0.25) is 0 Å². The SMILES string of the molecule is Cc1c(N)nn2c1OCCC2. The number of nitrogens with zero attached hydrogens (tertiary/aromatic N) is 2. The van der Waals surface area contributed by atoms with Crippen LogP contribution in [0, 0.1) is 6.92 Å². The van der Waals surface area contributed by atoms with E-state index in [-0.39, 0.29) is 0 Å². The Morgan fingerprint density at radius 1 is 1.64 bits per heavy atom. The number of nitrogen functional groups attached to an aromatic ring is 1. The number of anilines is 1. The Kier molecular flexibility index (Phi) is 1.27. The first-order valence-electron chi connectivity index (χ1n) is 3.74. The van der Waals surface area contributed by atoms with Crippen LogP contribution in [0.4, 0.5) is 5.82 Å². The van der Waals surface area contributed by atoms with Crippen LogP contribution in [0.5, 0.6) is 5.88 Å². The summed E-state index contributed by atoms with van der Waals surface area (Å²) in [5, 5.41) is 4.12. The van der Waals surface area contributed by atoms with Crippen molar-refractivity contribution >= 4 is 5.82 Å². The molecule has 0 saturated heterocycles. The van der Waals surface area contributed by atoms with Crippen molar-refractivity contribution in [3.63, 3.8) is 0 Å². The Bertz CT molecular complexity index is 279. The molecule has 0 aliphatic carbocycles. The van der Waals surface area contributed by atoms with Gasteiger partial charge in [0.25, 0.3) is 0 Å². The lowest BCUT2D eigenvalue weighted by Crippen LogP contribution is -2.14. The quantitative estimate of drug-likeness (QED) is 0.592. The molecule has 0 bridgehead atoms. The summed E-state index contributed by atoms with van der Waals surface area (Å²) in [5.41, 5.74) is 6.57. The van der Waals surface area contributed by atoms with Gasteiger partial charge in [-0.25, -0.2) is 4.68 Å². The molecule has 1 aromatic heterocycles. The summed E-state index contributed by atoms with van der Waals surface area (Å²) in [6.45, 7) is 3.64. The molecule has 0 saturated carbocycles. The van der Waals surface area contributed by atoms with Crippen LogP contribution in [-0.2, 0) is 6.54 Å². The fourth-order valence-corrected chi connectivity index (χ4v) is 1.27. The lowest BCUT2D eigenvalue weighted by atomic mass is 10.3. The van der Waals surface area contributed by atoms with E-state index in [4.69, 9.17) is 10.5 Å². The van der Waals surface area contributed by atoms with Crippen molar-refractivity contribution in [2.45, 2.75) is 19.9 Å². The number of rotatable bonds is 0. The molecule has 0 amide bonds. The minimum Gasteiger partial charge on any atom is -0.478 e. The zero-order valence-electron chi connectivity index (χ0n) is 6.50. The topological polar surface area (TPSA) is 53.1 Å². The van der Waals surface area contributed by atoms with Crippen molar-refractivity contribution < 1.29 is 4.74 Å².